The zero-order chi connectivity index (χ0) is 11.5. The lowest BCUT2D eigenvalue weighted by molar-refractivity contribution is 1.15. The van der Waals surface area contributed by atoms with E-state index in [1.807, 2.05) is 18.2 Å². The van der Waals surface area contributed by atoms with Crippen molar-refractivity contribution in [2.24, 2.45) is 0 Å². The van der Waals surface area contributed by atoms with Gasteiger partial charge in [0.05, 0.1) is 14.3 Å². The summed E-state index contributed by atoms with van der Waals surface area (Å²) in [7, 11) is 0. The topological polar surface area (TPSA) is 37.8 Å². The number of anilines is 2. The van der Waals surface area contributed by atoms with Crippen molar-refractivity contribution in [1.82, 2.24) is 9.97 Å². The maximum Gasteiger partial charge on any atom is 0.147 e. The molecule has 3 nitrogen and oxygen atoms in total. The minimum atomic E-state index is 0.642. The molecule has 0 amide bonds. The van der Waals surface area contributed by atoms with Crippen LogP contribution in [0, 0.1) is 3.57 Å². The molecule has 0 aliphatic rings. The molecule has 16 heavy (non-hydrogen) atoms. The van der Waals surface area contributed by atoms with E-state index in [4.69, 9.17) is 11.6 Å². The van der Waals surface area contributed by atoms with Gasteiger partial charge in [-0.25, -0.2) is 9.97 Å². The Bertz CT molecular complexity index is 521. The third-order valence-corrected chi connectivity index (χ3v) is 3.45. The number of nitrogens with one attached hydrogen (secondary N) is 1. The van der Waals surface area contributed by atoms with Crippen LogP contribution in [-0.4, -0.2) is 9.97 Å². The largest absolute Gasteiger partial charge is 0.338 e. The van der Waals surface area contributed by atoms with Gasteiger partial charge in [0.15, 0.2) is 0 Å². The summed E-state index contributed by atoms with van der Waals surface area (Å²) in [6, 6.07) is 5.64. The molecule has 0 saturated heterocycles. The van der Waals surface area contributed by atoms with Gasteiger partial charge in [-0.3, -0.25) is 0 Å². The van der Waals surface area contributed by atoms with Crippen LogP contribution in [-0.2, 0) is 0 Å². The summed E-state index contributed by atoms with van der Waals surface area (Å²) in [4.78, 5) is 8.06. The first-order valence-electron chi connectivity index (χ1n) is 4.34. The maximum atomic E-state index is 6.09. The van der Waals surface area contributed by atoms with Crippen molar-refractivity contribution in [3.05, 3.63) is 43.8 Å². The number of hydrogen-bond donors (Lipinski definition) is 1. The van der Waals surface area contributed by atoms with Gasteiger partial charge in [-0.05, 0) is 40.8 Å². The zero-order valence-corrected chi connectivity index (χ0v) is 12.4. The van der Waals surface area contributed by atoms with Crippen molar-refractivity contribution < 1.29 is 0 Å². The van der Waals surface area contributed by atoms with Crippen LogP contribution in [0.4, 0.5) is 11.5 Å². The monoisotopic (exact) mass is 409 g/mol. The van der Waals surface area contributed by atoms with Crippen molar-refractivity contribution in [3.63, 3.8) is 0 Å². The zero-order valence-electron chi connectivity index (χ0n) is 7.92. The summed E-state index contributed by atoms with van der Waals surface area (Å²) in [5, 5.41) is 3.80. The quantitative estimate of drug-likeness (QED) is 0.753. The Labute approximate surface area is 120 Å². The van der Waals surface area contributed by atoms with E-state index in [9.17, 15) is 0 Å². The van der Waals surface area contributed by atoms with Crippen LogP contribution in [0.1, 0.15) is 0 Å². The van der Waals surface area contributed by atoms with E-state index in [2.05, 4.69) is 53.8 Å². The van der Waals surface area contributed by atoms with Gasteiger partial charge in [0.25, 0.3) is 0 Å². The summed E-state index contributed by atoms with van der Waals surface area (Å²) in [5.41, 5.74) is 0.821. The van der Waals surface area contributed by atoms with E-state index in [1.54, 1.807) is 6.20 Å². The highest BCUT2D eigenvalue weighted by atomic mass is 127. The molecule has 6 heteroatoms. The van der Waals surface area contributed by atoms with Gasteiger partial charge in [-0.1, -0.05) is 27.5 Å². The highest BCUT2D eigenvalue weighted by molar-refractivity contribution is 14.1. The highest BCUT2D eigenvalue weighted by Gasteiger charge is 2.04. The van der Waals surface area contributed by atoms with Crippen molar-refractivity contribution >= 4 is 61.6 Å². The van der Waals surface area contributed by atoms with Crippen LogP contribution >= 0.6 is 50.1 Å². The summed E-state index contributed by atoms with van der Waals surface area (Å²) in [6.45, 7) is 0. The fourth-order valence-electron chi connectivity index (χ4n) is 1.12. The van der Waals surface area contributed by atoms with Crippen LogP contribution in [0.15, 0.2) is 35.2 Å². The van der Waals surface area contributed by atoms with Crippen molar-refractivity contribution in [1.29, 1.82) is 0 Å². The first-order chi connectivity index (χ1) is 7.66. The van der Waals surface area contributed by atoms with E-state index >= 15 is 0 Å². The summed E-state index contributed by atoms with van der Waals surface area (Å²) >= 11 is 11.6. The van der Waals surface area contributed by atoms with E-state index in [0.717, 1.165) is 19.5 Å². The summed E-state index contributed by atoms with van der Waals surface area (Å²) in [6.07, 6.45) is 3.24. The predicted molar refractivity (Wildman–Crippen MR) is 77.2 cm³/mol. The molecule has 0 unspecified atom stereocenters. The molecule has 0 aliphatic heterocycles. The van der Waals surface area contributed by atoms with Crippen molar-refractivity contribution in [3.8, 4) is 0 Å². The van der Waals surface area contributed by atoms with E-state index in [-0.39, 0.29) is 0 Å². The molecule has 0 spiro atoms. The fourth-order valence-corrected chi connectivity index (χ4v) is 2.28. The molecule has 0 aliphatic carbocycles. The van der Waals surface area contributed by atoms with Crippen molar-refractivity contribution in [2.75, 3.05) is 5.32 Å². The van der Waals surface area contributed by atoms with E-state index < -0.39 is 0 Å². The standard InChI is InChI=1S/C10H6BrClIN3/c11-6-1-2-9(7(12)3-6)16-10-8(13)4-14-5-15-10/h1-5H,(H,14,15,16). The predicted octanol–water partition coefficient (Wildman–Crippen LogP) is 4.24. The molecular weight excluding hydrogens is 404 g/mol. The highest BCUT2D eigenvalue weighted by Crippen LogP contribution is 2.28. The van der Waals surface area contributed by atoms with Gasteiger partial charge in [0, 0.05) is 10.7 Å². The second kappa shape index (κ2) is 5.29. The lowest BCUT2D eigenvalue weighted by Crippen LogP contribution is -1.97. The second-order valence-electron chi connectivity index (χ2n) is 2.97. The van der Waals surface area contributed by atoms with Gasteiger partial charge >= 0.3 is 0 Å². The van der Waals surface area contributed by atoms with Gasteiger partial charge < -0.3 is 5.32 Å². The number of aromatic nitrogens is 2. The van der Waals surface area contributed by atoms with Crippen molar-refractivity contribution in [2.45, 2.75) is 0 Å². The summed E-state index contributed by atoms with van der Waals surface area (Å²) < 4.78 is 1.89. The van der Waals surface area contributed by atoms with Crippen LogP contribution in [0.2, 0.25) is 5.02 Å². The average Bonchev–Trinajstić information content (AvgIpc) is 2.25. The van der Waals surface area contributed by atoms with E-state index in [1.165, 1.54) is 6.33 Å². The minimum Gasteiger partial charge on any atom is -0.338 e. The Morgan fingerprint density at radius 1 is 1.38 bits per heavy atom. The molecule has 2 rings (SSSR count). The molecule has 0 saturated carbocycles. The van der Waals surface area contributed by atoms with Gasteiger partial charge in [-0.2, -0.15) is 0 Å². The molecule has 2 aromatic rings. The third-order valence-electron chi connectivity index (χ3n) is 1.85. The number of rotatable bonds is 2. The minimum absolute atomic E-state index is 0.642. The average molecular weight is 410 g/mol. The second-order valence-corrected chi connectivity index (χ2v) is 5.45. The smallest absolute Gasteiger partial charge is 0.147 e. The Morgan fingerprint density at radius 3 is 2.88 bits per heavy atom. The van der Waals surface area contributed by atoms with E-state index in [0.29, 0.717) is 5.02 Å². The molecule has 1 aromatic heterocycles. The SMILES string of the molecule is Clc1cc(Br)ccc1Nc1ncncc1I. The Hall–Kier alpha value is -0.400. The van der Waals surface area contributed by atoms with Crippen LogP contribution in [0.5, 0.6) is 0 Å². The normalized spacial score (nSPS) is 10.2. The molecular formula is C10H6BrClIN3. The maximum absolute atomic E-state index is 6.09. The number of halogens is 3. The Kier molecular flexibility index (Phi) is 3.99. The number of nitrogens with zero attached hydrogens (tertiary/aromatic N) is 2. The first-order valence-corrected chi connectivity index (χ1v) is 6.59. The van der Waals surface area contributed by atoms with Crippen LogP contribution in [0.25, 0.3) is 0 Å². The van der Waals surface area contributed by atoms with Gasteiger partial charge in [-0.15, -0.1) is 0 Å². The Balaban J connectivity index is 2.31. The third kappa shape index (κ3) is 2.83. The summed E-state index contributed by atoms with van der Waals surface area (Å²) in [5.74, 6) is 0.750. The number of hydrogen-bond acceptors (Lipinski definition) is 3. The lowest BCUT2D eigenvalue weighted by Gasteiger charge is -2.08. The molecule has 0 atom stereocenters. The molecule has 1 heterocycles. The molecule has 1 aromatic carbocycles. The molecule has 82 valence electrons. The number of benzene rings is 1. The lowest BCUT2D eigenvalue weighted by atomic mass is 10.3. The molecule has 1 N–H and O–H groups in total. The van der Waals surface area contributed by atoms with Crippen LogP contribution in [0.3, 0.4) is 0 Å². The van der Waals surface area contributed by atoms with Gasteiger partial charge in [0.1, 0.15) is 12.1 Å². The fraction of sp³-hybridized carbons (Fsp3) is 0. The molecule has 0 bridgehead atoms. The molecule has 0 fully saturated rings. The van der Waals surface area contributed by atoms with Crippen LogP contribution < -0.4 is 5.32 Å². The first kappa shape index (κ1) is 12.1. The Morgan fingerprint density at radius 2 is 2.19 bits per heavy atom. The van der Waals surface area contributed by atoms with Gasteiger partial charge in [0.2, 0.25) is 0 Å². The molecule has 0 radical (unpaired) electrons.